The number of hydrogen-bond acceptors (Lipinski definition) is 4. The van der Waals surface area contributed by atoms with Gasteiger partial charge in [-0.1, -0.05) is 24.3 Å². The Bertz CT molecular complexity index is 808. The van der Waals surface area contributed by atoms with Crippen LogP contribution in [0.4, 0.5) is 4.79 Å². The van der Waals surface area contributed by atoms with Crippen molar-refractivity contribution >= 4 is 36.0 Å². The van der Waals surface area contributed by atoms with E-state index in [1.807, 2.05) is 24.3 Å². The van der Waals surface area contributed by atoms with Crippen molar-refractivity contribution < 1.29 is 9.53 Å². The molecular weight excluding hydrogens is 481 g/mol. The van der Waals surface area contributed by atoms with Crippen molar-refractivity contribution in [2.75, 3.05) is 27.2 Å². The summed E-state index contributed by atoms with van der Waals surface area (Å²) in [5.41, 5.74) is 3.22. The summed E-state index contributed by atoms with van der Waals surface area (Å²) in [6, 6.07) is 14.5. The average Bonchev–Trinajstić information content (AvgIpc) is 2.77. The first-order valence-corrected chi connectivity index (χ1v) is 9.50. The van der Waals surface area contributed by atoms with E-state index in [0.717, 1.165) is 35.6 Å². The number of piperidine rings is 1. The molecule has 3 rings (SSSR count). The van der Waals surface area contributed by atoms with E-state index in [-0.39, 0.29) is 36.1 Å². The Kier molecular flexibility index (Phi) is 9.17. The van der Waals surface area contributed by atoms with Gasteiger partial charge in [0.15, 0.2) is 5.96 Å². The lowest BCUT2D eigenvalue weighted by atomic mass is 10.1. The second-order valence-corrected chi connectivity index (χ2v) is 6.72. The Balaban J connectivity index is 0.00000300. The van der Waals surface area contributed by atoms with Gasteiger partial charge in [0.2, 0.25) is 0 Å². The van der Waals surface area contributed by atoms with E-state index in [2.05, 4.69) is 38.8 Å². The molecule has 7 nitrogen and oxygen atoms in total. The number of methoxy groups -OCH3 is 1. The number of guanidine groups is 1. The summed E-state index contributed by atoms with van der Waals surface area (Å²) in [4.78, 5) is 22.1. The number of rotatable bonds is 4. The summed E-state index contributed by atoms with van der Waals surface area (Å²) >= 11 is 0. The van der Waals surface area contributed by atoms with Crippen molar-refractivity contribution in [1.82, 2.24) is 20.5 Å². The number of aliphatic imine (C=N–C) groups is 1. The Morgan fingerprint density at radius 1 is 1.24 bits per heavy atom. The van der Waals surface area contributed by atoms with Crippen LogP contribution in [0, 0.1) is 0 Å². The summed E-state index contributed by atoms with van der Waals surface area (Å²) in [5.74, 6) is 0.764. The van der Waals surface area contributed by atoms with Gasteiger partial charge >= 0.3 is 6.09 Å². The number of nitrogens with zero attached hydrogens (tertiary/aromatic N) is 3. The van der Waals surface area contributed by atoms with E-state index >= 15 is 0 Å². The fraction of sp³-hybridized carbons (Fsp3) is 0.381. The maximum absolute atomic E-state index is 11.6. The zero-order valence-electron chi connectivity index (χ0n) is 16.8. The van der Waals surface area contributed by atoms with Crippen molar-refractivity contribution in [2.24, 2.45) is 4.99 Å². The minimum Gasteiger partial charge on any atom is -0.453 e. The maximum Gasteiger partial charge on any atom is 0.409 e. The number of halogens is 1. The molecule has 156 valence electrons. The SMILES string of the molecule is CN=C(NCc1cccc(-c2ccccn2)c1)NC1CCN(C(=O)OC)CC1.I. The van der Waals surface area contributed by atoms with E-state index in [1.54, 1.807) is 18.1 Å². The van der Waals surface area contributed by atoms with Gasteiger partial charge in [-0.2, -0.15) is 0 Å². The van der Waals surface area contributed by atoms with Crippen molar-refractivity contribution in [2.45, 2.75) is 25.4 Å². The standard InChI is InChI=1S/C21H27N5O2.HI/c1-22-20(25-18-9-12-26(13-10-18)21(27)28-2)24-15-16-6-5-7-17(14-16)19-8-3-4-11-23-19;/h3-8,11,14,18H,9-10,12-13,15H2,1-2H3,(H2,22,24,25);1H. The number of aromatic nitrogens is 1. The quantitative estimate of drug-likeness (QED) is 0.376. The normalized spacial score (nSPS) is 14.7. The second-order valence-electron chi connectivity index (χ2n) is 6.72. The molecule has 0 aliphatic carbocycles. The van der Waals surface area contributed by atoms with Gasteiger partial charge in [0.05, 0.1) is 12.8 Å². The van der Waals surface area contributed by atoms with Crippen molar-refractivity contribution in [3.8, 4) is 11.3 Å². The minimum atomic E-state index is -0.256. The number of carbonyl (C=O) groups is 1. The van der Waals surface area contributed by atoms with Gasteiger partial charge in [0, 0.05) is 44.5 Å². The van der Waals surface area contributed by atoms with Crippen molar-refractivity contribution in [3.63, 3.8) is 0 Å². The summed E-state index contributed by atoms with van der Waals surface area (Å²) in [5, 5.41) is 6.82. The predicted octanol–water partition coefficient (Wildman–Crippen LogP) is 3.26. The molecule has 2 N–H and O–H groups in total. The molecule has 0 spiro atoms. The van der Waals surface area contributed by atoms with E-state index in [0.29, 0.717) is 19.6 Å². The summed E-state index contributed by atoms with van der Waals surface area (Å²) in [6.45, 7) is 2.04. The number of amides is 1. The number of carbonyl (C=O) groups excluding carboxylic acids is 1. The molecule has 1 aliphatic heterocycles. The zero-order chi connectivity index (χ0) is 19.8. The first-order chi connectivity index (χ1) is 13.7. The highest BCUT2D eigenvalue weighted by Gasteiger charge is 2.23. The molecule has 1 fully saturated rings. The fourth-order valence-corrected chi connectivity index (χ4v) is 3.28. The van der Waals surface area contributed by atoms with Crippen LogP contribution >= 0.6 is 24.0 Å². The molecule has 0 unspecified atom stereocenters. The molecular formula is C21H28IN5O2. The second kappa shape index (κ2) is 11.6. The summed E-state index contributed by atoms with van der Waals surface area (Å²) < 4.78 is 4.78. The average molecular weight is 509 g/mol. The van der Waals surface area contributed by atoms with Crippen molar-refractivity contribution in [1.29, 1.82) is 0 Å². The predicted molar refractivity (Wildman–Crippen MR) is 125 cm³/mol. The lowest BCUT2D eigenvalue weighted by Crippen LogP contribution is -2.49. The van der Waals surface area contributed by atoms with E-state index < -0.39 is 0 Å². The van der Waals surface area contributed by atoms with Gasteiger partial charge in [0.1, 0.15) is 0 Å². The van der Waals surface area contributed by atoms with Gasteiger partial charge in [0.25, 0.3) is 0 Å². The van der Waals surface area contributed by atoms with E-state index in [1.165, 1.54) is 7.11 Å². The molecule has 0 radical (unpaired) electrons. The molecule has 1 aromatic carbocycles. The van der Waals surface area contributed by atoms with Crippen LogP contribution in [0.2, 0.25) is 0 Å². The largest absolute Gasteiger partial charge is 0.453 e. The van der Waals surface area contributed by atoms with Crippen LogP contribution < -0.4 is 10.6 Å². The third-order valence-corrected chi connectivity index (χ3v) is 4.84. The Hall–Kier alpha value is -2.36. The molecule has 2 heterocycles. The van der Waals surface area contributed by atoms with Crippen LogP contribution in [0.25, 0.3) is 11.3 Å². The number of likely N-dealkylation sites (tertiary alicyclic amines) is 1. The van der Waals surface area contributed by atoms with Crippen LogP contribution in [0.15, 0.2) is 53.7 Å². The first kappa shape index (κ1) is 22.9. The molecule has 1 aromatic heterocycles. The highest BCUT2D eigenvalue weighted by molar-refractivity contribution is 14.0. The number of ether oxygens (including phenoxy) is 1. The molecule has 0 saturated carbocycles. The summed E-state index contributed by atoms with van der Waals surface area (Å²) in [6.07, 6.45) is 3.28. The molecule has 2 aromatic rings. The summed E-state index contributed by atoms with van der Waals surface area (Å²) in [7, 11) is 3.19. The molecule has 1 saturated heterocycles. The monoisotopic (exact) mass is 509 g/mol. The lowest BCUT2D eigenvalue weighted by Gasteiger charge is -2.32. The molecule has 1 amide bonds. The molecule has 29 heavy (non-hydrogen) atoms. The van der Waals surface area contributed by atoms with Crippen LogP contribution in [0.3, 0.4) is 0 Å². The highest BCUT2D eigenvalue weighted by Crippen LogP contribution is 2.17. The lowest BCUT2D eigenvalue weighted by molar-refractivity contribution is 0.111. The van der Waals surface area contributed by atoms with Crippen LogP contribution in [0.1, 0.15) is 18.4 Å². The van der Waals surface area contributed by atoms with Gasteiger partial charge < -0.3 is 20.3 Å². The Labute approximate surface area is 189 Å². The maximum atomic E-state index is 11.6. The Morgan fingerprint density at radius 3 is 2.69 bits per heavy atom. The number of nitrogens with one attached hydrogen (secondary N) is 2. The smallest absolute Gasteiger partial charge is 0.409 e. The van der Waals surface area contributed by atoms with Gasteiger partial charge in [-0.3, -0.25) is 9.98 Å². The molecule has 0 bridgehead atoms. The molecule has 8 heteroatoms. The van der Waals surface area contributed by atoms with E-state index in [9.17, 15) is 4.79 Å². The van der Waals surface area contributed by atoms with Crippen LogP contribution in [-0.2, 0) is 11.3 Å². The fourth-order valence-electron chi connectivity index (χ4n) is 3.28. The van der Waals surface area contributed by atoms with E-state index in [4.69, 9.17) is 4.74 Å². The third-order valence-electron chi connectivity index (χ3n) is 4.84. The van der Waals surface area contributed by atoms with Crippen molar-refractivity contribution in [3.05, 3.63) is 54.2 Å². The van der Waals surface area contributed by atoms with Gasteiger partial charge in [-0.25, -0.2) is 4.79 Å². The number of pyridine rings is 1. The number of benzene rings is 1. The topological polar surface area (TPSA) is 78.9 Å². The molecule has 1 aliphatic rings. The molecule has 0 atom stereocenters. The van der Waals surface area contributed by atoms with Gasteiger partial charge in [-0.15, -0.1) is 24.0 Å². The third kappa shape index (κ3) is 6.59. The van der Waals surface area contributed by atoms with Crippen LogP contribution in [-0.4, -0.2) is 55.2 Å². The van der Waals surface area contributed by atoms with Gasteiger partial charge in [-0.05, 0) is 36.6 Å². The zero-order valence-corrected chi connectivity index (χ0v) is 19.1. The first-order valence-electron chi connectivity index (χ1n) is 9.50. The highest BCUT2D eigenvalue weighted by atomic mass is 127. The minimum absolute atomic E-state index is 0. The Morgan fingerprint density at radius 2 is 2.03 bits per heavy atom. The number of hydrogen-bond donors (Lipinski definition) is 2. The van der Waals surface area contributed by atoms with Crippen LogP contribution in [0.5, 0.6) is 0 Å².